The third-order valence-electron chi connectivity index (χ3n) is 4.12. The molecule has 8 heteroatoms. The molecule has 0 bridgehead atoms. The number of carboxylic acids is 1. The second-order valence-corrected chi connectivity index (χ2v) is 6.44. The topological polar surface area (TPSA) is 100 Å². The van der Waals surface area contributed by atoms with Crippen LogP contribution in [0.5, 0.6) is 0 Å². The number of H-pyrrole nitrogens is 1. The Balaban J connectivity index is 1.78. The Morgan fingerprint density at radius 1 is 1.55 bits per heavy atom. The van der Waals surface area contributed by atoms with E-state index in [-0.39, 0.29) is 17.6 Å². The van der Waals surface area contributed by atoms with Gasteiger partial charge in [0.1, 0.15) is 5.54 Å². The number of rotatable bonds is 7. The van der Waals surface area contributed by atoms with Crippen LogP contribution in [0.15, 0.2) is 9.95 Å². The molecule has 110 valence electrons. The molecule has 2 fully saturated rings. The van der Waals surface area contributed by atoms with E-state index < -0.39 is 11.5 Å². The molecule has 1 heterocycles. The number of hydrogen-bond acceptors (Lipinski definition) is 5. The van der Waals surface area contributed by atoms with Crippen LogP contribution < -0.4 is 11.0 Å². The largest absolute Gasteiger partial charge is 0.480 e. The van der Waals surface area contributed by atoms with Gasteiger partial charge in [0.05, 0.1) is 0 Å². The molecule has 0 radical (unpaired) electrons. The standard InChI is InChI=1S/C12H18N4O3S/c1-13-12(9(17)18,7-2-3-7)6-20-11-15-14-10(19)16(11)8-4-5-8/h7-8,13H,2-6H2,1H3,(H,14,19)(H,17,18). The fraction of sp³-hybridized carbons (Fsp3) is 0.750. The monoisotopic (exact) mass is 298 g/mol. The number of likely N-dealkylation sites (N-methyl/N-ethyl adjacent to an activating group) is 1. The van der Waals surface area contributed by atoms with Crippen molar-refractivity contribution in [2.24, 2.45) is 5.92 Å². The lowest BCUT2D eigenvalue weighted by Gasteiger charge is -2.28. The van der Waals surface area contributed by atoms with Crippen LogP contribution in [0.3, 0.4) is 0 Å². The molecule has 1 aromatic heterocycles. The van der Waals surface area contributed by atoms with E-state index in [0.29, 0.717) is 10.9 Å². The third-order valence-corrected chi connectivity index (χ3v) is 5.26. The number of nitrogens with one attached hydrogen (secondary N) is 2. The van der Waals surface area contributed by atoms with Gasteiger partial charge in [-0.2, -0.15) is 0 Å². The number of aromatic amines is 1. The summed E-state index contributed by atoms with van der Waals surface area (Å²) in [6.07, 6.45) is 3.85. The second kappa shape index (κ2) is 4.92. The summed E-state index contributed by atoms with van der Waals surface area (Å²) in [6.45, 7) is 0. The SMILES string of the molecule is CNC(CSc1n[nH]c(=O)n1C1CC1)(C(=O)O)C1CC1. The number of nitrogens with zero attached hydrogens (tertiary/aromatic N) is 2. The van der Waals surface area contributed by atoms with Crippen LogP contribution in [-0.4, -0.2) is 44.2 Å². The summed E-state index contributed by atoms with van der Waals surface area (Å²) in [5.41, 5.74) is -1.12. The number of hydrogen-bond donors (Lipinski definition) is 3. The zero-order valence-electron chi connectivity index (χ0n) is 11.3. The summed E-state index contributed by atoms with van der Waals surface area (Å²) in [4.78, 5) is 23.3. The minimum Gasteiger partial charge on any atom is -0.480 e. The number of carbonyl (C=O) groups is 1. The van der Waals surface area contributed by atoms with Crippen molar-refractivity contribution in [1.29, 1.82) is 0 Å². The molecule has 0 amide bonds. The zero-order chi connectivity index (χ0) is 14.3. The van der Waals surface area contributed by atoms with Gasteiger partial charge in [0.2, 0.25) is 0 Å². The molecule has 3 rings (SSSR count). The fourth-order valence-electron chi connectivity index (χ4n) is 2.54. The lowest BCUT2D eigenvalue weighted by Crippen LogP contribution is -2.54. The smallest absolute Gasteiger partial charge is 0.344 e. The van der Waals surface area contributed by atoms with Gasteiger partial charge in [-0.3, -0.25) is 9.36 Å². The normalized spacial score (nSPS) is 21.6. The second-order valence-electron chi connectivity index (χ2n) is 5.50. The van der Waals surface area contributed by atoms with Gasteiger partial charge in [0, 0.05) is 11.8 Å². The first-order chi connectivity index (χ1) is 9.58. The average molecular weight is 298 g/mol. The van der Waals surface area contributed by atoms with Crippen molar-refractivity contribution < 1.29 is 9.90 Å². The Bertz CT molecular complexity index is 576. The molecule has 2 saturated carbocycles. The highest BCUT2D eigenvalue weighted by atomic mass is 32.2. The van der Waals surface area contributed by atoms with Gasteiger partial charge in [-0.15, -0.1) is 5.10 Å². The van der Waals surface area contributed by atoms with Gasteiger partial charge in [-0.05, 0) is 38.6 Å². The highest BCUT2D eigenvalue weighted by Gasteiger charge is 2.50. The van der Waals surface area contributed by atoms with E-state index in [9.17, 15) is 14.7 Å². The van der Waals surface area contributed by atoms with Crippen molar-refractivity contribution in [1.82, 2.24) is 20.1 Å². The van der Waals surface area contributed by atoms with Gasteiger partial charge in [0.25, 0.3) is 0 Å². The van der Waals surface area contributed by atoms with Crippen LogP contribution in [-0.2, 0) is 4.79 Å². The zero-order valence-corrected chi connectivity index (χ0v) is 12.1. The number of aliphatic carboxylic acids is 1. The first kappa shape index (κ1) is 13.7. The van der Waals surface area contributed by atoms with Crippen LogP contribution >= 0.6 is 11.8 Å². The predicted octanol–water partition coefficient (Wildman–Crippen LogP) is 0.451. The van der Waals surface area contributed by atoms with Crippen LogP contribution in [0.2, 0.25) is 0 Å². The predicted molar refractivity (Wildman–Crippen MR) is 74.0 cm³/mol. The molecule has 2 aliphatic rings. The fourth-order valence-corrected chi connectivity index (χ4v) is 3.88. The Kier molecular flexibility index (Phi) is 3.37. The van der Waals surface area contributed by atoms with Gasteiger partial charge in [-0.1, -0.05) is 11.8 Å². The van der Waals surface area contributed by atoms with Crippen molar-refractivity contribution in [2.75, 3.05) is 12.8 Å². The molecule has 0 aromatic carbocycles. The van der Waals surface area contributed by atoms with Gasteiger partial charge >= 0.3 is 11.7 Å². The van der Waals surface area contributed by atoms with Crippen LogP contribution in [0.25, 0.3) is 0 Å². The maximum atomic E-state index is 11.7. The lowest BCUT2D eigenvalue weighted by atomic mass is 9.96. The molecular weight excluding hydrogens is 280 g/mol. The third kappa shape index (κ3) is 2.26. The van der Waals surface area contributed by atoms with E-state index >= 15 is 0 Å². The summed E-state index contributed by atoms with van der Waals surface area (Å²) in [5.74, 6) is -0.288. The molecule has 2 aliphatic carbocycles. The Morgan fingerprint density at radius 2 is 2.25 bits per heavy atom. The first-order valence-corrected chi connectivity index (χ1v) is 7.79. The molecule has 20 heavy (non-hydrogen) atoms. The van der Waals surface area contributed by atoms with Crippen molar-refractivity contribution in [3.63, 3.8) is 0 Å². The Labute approximate surface area is 120 Å². The van der Waals surface area contributed by atoms with Crippen LogP contribution in [0.1, 0.15) is 31.7 Å². The van der Waals surface area contributed by atoms with E-state index in [1.165, 1.54) is 11.8 Å². The molecule has 0 aliphatic heterocycles. The van der Waals surface area contributed by atoms with Gasteiger partial charge < -0.3 is 10.4 Å². The molecule has 1 aromatic rings. The molecule has 0 spiro atoms. The minimum atomic E-state index is -0.923. The highest BCUT2D eigenvalue weighted by molar-refractivity contribution is 7.99. The first-order valence-electron chi connectivity index (χ1n) is 6.80. The van der Waals surface area contributed by atoms with Gasteiger partial charge in [0.15, 0.2) is 5.16 Å². The average Bonchev–Trinajstić information content (AvgIpc) is 3.31. The molecule has 0 saturated heterocycles. The maximum absolute atomic E-state index is 11.7. The van der Waals surface area contributed by atoms with Crippen LogP contribution in [0.4, 0.5) is 0 Å². The quantitative estimate of drug-likeness (QED) is 0.632. The molecule has 1 atom stereocenters. The van der Waals surface area contributed by atoms with E-state index in [1.807, 2.05) is 0 Å². The van der Waals surface area contributed by atoms with Crippen molar-refractivity contribution >= 4 is 17.7 Å². The molecule has 1 unspecified atom stereocenters. The van der Waals surface area contributed by atoms with E-state index in [4.69, 9.17) is 0 Å². The summed E-state index contributed by atoms with van der Waals surface area (Å²) >= 11 is 1.34. The van der Waals surface area contributed by atoms with Crippen molar-refractivity contribution in [3.05, 3.63) is 10.5 Å². The number of aromatic nitrogens is 3. The van der Waals surface area contributed by atoms with Crippen molar-refractivity contribution in [2.45, 2.75) is 42.4 Å². The summed E-state index contributed by atoms with van der Waals surface area (Å²) in [5, 5.41) is 19.6. The molecule has 3 N–H and O–H groups in total. The summed E-state index contributed by atoms with van der Waals surface area (Å²) in [7, 11) is 1.69. The van der Waals surface area contributed by atoms with E-state index in [2.05, 4.69) is 15.5 Å². The maximum Gasteiger partial charge on any atom is 0.344 e. The van der Waals surface area contributed by atoms with Gasteiger partial charge in [-0.25, -0.2) is 9.89 Å². The number of carboxylic acid groups (broad SMARTS) is 1. The van der Waals surface area contributed by atoms with Crippen molar-refractivity contribution in [3.8, 4) is 0 Å². The Morgan fingerprint density at radius 3 is 2.75 bits per heavy atom. The minimum absolute atomic E-state index is 0.164. The highest BCUT2D eigenvalue weighted by Crippen LogP contribution is 2.43. The van der Waals surface area contributed by atoms with E-state index in [1.54, 1.807) is 11.6 Å². The Hall–Kier alpha value is -1.28. The summed E-state index contributed by atoms with van der Waals surface area (Å²) < 4.78 is 1.65. The van der Waals surface area contributed by atoms with Crippen LogP contribution in [0, 0.1) is 5.92 Å². The molecular formula is C12H18N4O3S. The molecule has 7 nitrogen and oxygen atoms in total. The summed E-state index contributed by atoms with van der Waals surface area (Å²) in [6, 6.07) is 0.235. The number of thioether (sulfide) groups is 1. The lowest BCUT2D eigenvalue weighted by molar-refractivity contribution is -0.144. The van der Waals surface area contributed by atoms with E-state index in [0.717, 1.165) is 25.7 Å².